The number of aromatic nitrogens is 2. The smallest absolute Gasteiger partial charge is 0.0702 e. The van der Waals surface area contributed by atoms with Crippen molar-refractivity contribution in [3.63, 3.8) is 0 Å². The number of rotatable bonds is 3. The molecule has 0 aliphatic rings. The lowest BCUT2D eigenvalue weighted by Gasteiger charge is -2.17. The van der Waals surface area contributed by atoms with Crippen molar-refractivity contribution in [1.82, 2.24) is 9.97 Å². The van der Waals surface area contributed by atoms with Gasteiger partial charge >= 0.3 is 0 Å². The van der Waals surface area contributed by atoms with E-state index in [1.54, 1.807) is 0 Å². The lowest BCUT2D eigenvalue weighted by Crippen LogP contribution is -1.90. The quantitative estimate of drug-likeness (QED) is 0.212. The third-order valence-electron chi connectivity index (χ3n) is 8.76. The number of hydrogen-bond acceptors (Lipinski definition) is 2. The Morgan fingerprint density at radius 2 is 1.05 bits per heavy atom. The summed E-state index contributed by atoms with van der Waals surface area (Å²) in [7, 11) is 0. The normalized spacial score (nSPS) is 11.8. The minimum Gasteiger partial charge on any atom is -0.263 e. The first kappa shape index (κ1) is 23.1. The first-order chi connectivity index (χ1) is 20.8. The van der Waals surface area contributed by atoms with Gasteiger partial charge in [-0.05, 0) is 83.7 Å². The molecule has 0 N–H and O–H groups in total. The molecule has 9 aromatic rings. The summed E-state index contributed by atoms with van der Waals surface area (Å²) < 4.78 is 0. The molecule has 194 valence electrons. The van der Waals surface area contributed by atoms with Gasteiger partial charge in [-0.1, -0.05) is 109 Å². The van der Waals surface area contributed by atoms with Crippen LogP contribution in [0.15, 0.2) is 146 Å². The van der Waals surface area contributed by atoms with Crippen molar-refractivity contribution in [3.8, 4) is 33.4 Å². The van der Waals surface area contributed by atoms with Gasteiger partial charge in [-0.3, -0.25) is 9.97 Å². The van der Waals surface area contributed by atoms with E-state index in [2.05, 4.69) is 131 Å². The lowest BCUT2D eigenvalue weighted by molar-refractivity contribution is 1.36. The summed E-state index contributed by atoms with van der Waals surface area (Å²) in [5.74, 6) is 0. The first-order valence-electron chi connectivity index (χ1n) is 14.3. The number of hydrogen-bond donors (Lipinski definition) is 0. The number of fused-ring (bicyclic) bond motifs is 2. The summed E-state index contributed by atoms with van der Waals surface area (Å²) >= 11 is 0. The molecule has 0 spiro atoms. The Morgan fingerprint density at radius 1 is 0.381 bits per heavy atom. The highest BCUT2D eigenvalue weighted by Crippen LogP contribution is 2.43. The predicted octanol–water partition coefficient (Wildman–Crippen LogP) is 10.7. The molecular weight excluding hydrogens is 508 g/mol. The zero-order chi connectivity index (χ0) is 27.6. The van der Waals surface area contributed by atoms with Gasteiger partial charge in [0.1, 0.15) is 0 Å². The first-order valence-corrected chi connectivity index (χ1v) is 14.3. The van der Waals surface area contributed by atoms with Crippen LogP contribution in [-0.4, -0.2) is 9.97 Å². The van der Waals surface area contributed by atoms with Crippen molar-refractivity contribution in [3.05, 3.63) is 146 Å². The number of pyridine rings is 2. The Labute approximate surface area is 242 Å². The van der Waals surface area contributed by atoms with Gasteiger partial charge in [0.25, 0.3) is 0 Å². The monoisotopic (exact) mass is 532 g/mol. The zero-order valence-corrected chi connectivity index (χ0v) is 22.8. The molecule has 0 aliphatic carbocycles. The fraction of sp³-hybridized carbons (Fsp3) is 0. The van der Waals surface area contributed by atoms with E-state index in [4.69, 9.17) is 0 Å². The maximum absolute atomic E-state index is 4.59. The van der Waals surface area contributed by atoms with E-state index in [9.17, 15) is 0 Å². The van der Waals surface area contributed by atoms with Gasteiger partial charge < -0.3 is 0 Å². The molecule has 0 aliphatic heterocycles. The minimum absolute atomic E-state index is 1.02. The fourth-order valence-corrected chi connectivity index (χ4v) is 6.72. The molecule has 0 amide bonds. The van der Waals surface area contributed by atoms with Gasteiger partial charge in [0.15, 0.2) is 0 Å². The molecule has 0 unspecified atom stereocenters. The van der Waals surface area contributed by atoms with Crippen LogP contribution in [0.3, 0.4) is 0 Å². The third-order valence-corrected chi connectivity index (χ3v) is 8.76. The molecule has 2 heteroatoms. The summed E-state index contributed by atoms with van der Waals surface area (Å²) in [6.07, 6.45) is 5.80. The fourth-order valence-electron chi connectivity index (χ4n) is 6.72. The summed E-state index contributed by atoms with van der Waals surface area (Å²) in [5.41, 5.74) is 8.30. The number of benzene rings is 7. The summed E-state index contributed by atoms with van der Waals surface area (Å²) in [6, 6.07) is 46.3. The molecule has 9 rings (SSSR count). The van der Waals surface area contributed by atoms with Crippen LogP contribution < -0.4 is 0 Å². The Bertz CT molecular complexity index is 2450. The summed E-state index contributed by atoms with van der Waals surface area (Å²) in [4.78, 5) is 9.06. The van der Waals surface area contributed by atoms with Crippen molar-refractivity contribution in [2.24, 2.45) is 0 Å². The summed E-state index contributed by atoms with van der Waals surface area (Å²) in [5, 5.41) is 11.3. The van der Waals surface area contributed by atoms with Crippen LogP contribution in [0.1, 0.15) is 0 Å². The van der Waals surface area contributed by atoms with Gasteiger partial charge in [0.2, 0.25) is 0 Å². The zero-order valence-electron chi connectivity index (χ0n) is 22.8. The van der Waals surface area contributed by atoms with E-state index < -0.39 is 0 Å². The second-order valence-electron chi connectivity index (χ2n) is 11.0. The highest BCUT2D eigenvalue weighted by atomic mass is 14.6. The predicted molar refractivity (Wildman–Crippen MR) is 177 cm³/mol. The van der Waals surface area contributed by atoms with E-state index in [0.717, 1.165) is 16.3 Å². The average Bonchev–Trinajstić information content (AvgIpc) is 3.06. The molecule has 0 fully saturated rings. The average molecular weight is 533 g/mol. The molecule has 0 radical (unpaired) electrons. The van der Waals surface area contributed by atoms with Crippen molar-refractivity contribution < 1.29 is 0 Å². The van der Waals surface area contributed by atoms with Gasteiger partial charge in [-0.2, -0.15) is 0 Å². The maximum Gasteiger partial charge on any atom is 0.0702 e. The van der Waals surface area contributed by atoms with E-state index in [1.807, 2.05) is 24.7 Å². The van der Waals surface area contributed by atoms with Crippen LogP contribution in [0.5, 0.6) is 0 Å². The third kappa shape index (κ3) is 3.45. The Kier molecular flexibility index (Phi) is 4.93. The van der Waals surface area contributed by atoms with Gasteiger partial charge in [-0.25, -0.2) is 0 Å². The van der Waals surface area contributed by atoms with Gasteiger partial charge in [0.05, 0.1) is 5.52 Å². The SMILES string of the molecule is c1cnc2ccc(-c3ccc(-c4ccc5ccc6c(-c7cncc8ccccc78)ccc7ccc4c5c76)cc3)cc2c1. The molecule has 7 aromatic carbocycles. The molecule has 2 aromatic heterocycles. The largest absolute Gasteiger partial charge is 0.263 e. The topological polar surface area (TPSA) is 25.8 Å². The van der Waals surface area contributed by atoms with Gasteiger partial charge in [-0.15, -0.1) is 0 Å². The van der Waals surface area contributed by atoms with E-state index in [0.29, 0.717) is 0 Å². The molecule has 2 nitrogen and oxygen atoms in total. The Balaban J connectivity index is 1.22. The molecule has 2 heterocycles. The van der Waals surface area contributed by atoms with Crippen LogP contribution in [0.4, 0.5) is 0 Å². The highest BCUT2D eigenvalue weighted by molar-refractivity contribution is 6.28. The Hall–Kier alpha value is -5.60. The van der Waals surface area contributed by atoms with Crippen molar-refractivity contribution in [2.75, 3.05) is 0 Å². The second kappa shape index (κ2) is 8.95. The van der Waals surface area contributed by atoms with Crippen LogP contribution in [-0.2, 0) is 0 Å². The maximum atomic E-state index is 4.59. The van der Waals surface area contributed by atoms with Crippen LogP contribution in [0.25, 0.3) is 87.4 Å². The number of nitrogens with zero attached hydrogens (tertiary/aromatic N) is 2. The molecule has 42 heavy (non-hydrogen) atoms. The lowest BCUT2D eigenvalue weighted by atomic mass is 9.86. The highest BCUT2D eigenvalue weighted by Gasteiger charge is 2.16. The van der Waals surface area contributed by atoms with E-state index in [1.165, 1.54) is 71.1 Å². The molecule has 0 saturated heterocycles. The molecule has 0 saturated carbocycles. The minimum atomic E-state index is 1.02. The van der Waals surface area contributed by atoms with Crippen molar-refractivity contribution >= 4 is 54.0 Å². The standard InChI is InChI=1S/C40H24N2/c1-2-6-32-31(4-1)23-41-24-37(32)34-17-12-28-13-18-35-33(16-11-27-14-19-36(34)40(28)39(27)35)26-9-7-25(8-10-26)29-15-20-38-30(22-29)5-3-21-42-38/h1-24H. The molecule has 0 bridgehead atoms. The van der Waals surface area contributed by atoms with E-state index >= 15 is 0 Å². The summed E-state index contributed by atoms with van der Waals surface area (Å²) in [6.45, 7) is 0. The van der Waals surface area contributed by atoms with Crippen molar-refractivity contribution in [1.29, 1.82) is 0 Å². The van der Waals surface area contributed by atoms with Crippen LogP contribution in [0, 0.1) is 0 Å². The van der Waals surface area contributed by atoms with Gasteiger partial charge in [0, 0.05) is 34.9 Å². The van der Waals surface area contributed by atoms with E-state index in [-0.39, 0.29) is 0 Å². The van der Waals surface area contributed by atoms with Crippen LogP contribution in [0.2, 0.25) is 0 Å². The second-order valence-corrected chi connectivity index (χ2v) is 11.0. The molecule has 0 atom stereocenters. The van der Waals surface area contributed by atoms with Crippen LogP contribution >= 0.6 is 0 Å². The molecular formula is C40H24N2. The van der Waals surface area contributed by atoms with Crippen molar-refractivity contribution in [2.45, 2.75) is 0 Å². The Morgan fingerprint density at radius 3 is 1.88 bits per heavy atom.